The van der Waals surface area contributed by atoms with E-state index in [-0.39, 0.29) is 17.9 Å². The number of hydrogen-bond acceptors (Lipinski definition) is 3. The summed E-state index contributed by atoms with van der Waals surface area (Å²) in [6, 6.07) is 0.477. The minimum absolute atomic E-state index is 0.110. The number of hydrogen-bond donors (Lipinski definition) is 3. The first-order valence-corrected chi connectivity index (χ1v) is 7.27. The predicted molar refractivity (Wildman–Crippen MR) is 73.3 cm³/mol. The van der Waals surface area contributed by atoms with Crippen LogP contribution in [0.15, 0.2) is 0 Å². The molecule has 2 atom stereocenters. The van der Waals surface area contributed by atoms with Gasteiger partial charge in [0.2, 0.25) is 5.91 Å². The molecule has 0 bridgehead atoms. The maximum atomic E-state index is 11.6. The zero-order valence-electron chi connectivity index (χ0n) is 11.7. The molecule has 1 saturated carbocycles. The van der Waals surface area contributed by atoms with E-state index in [1.165, 1.54) is 6.42 Å². The smallest absolute Gasteiger partial charge is 0.220 e. The molecular weight excluding hydrogens is 228 g/mol. The van der Waals surface area contributed by atoms with Crippen molar-refractivity contribution in [1.29, 1.82) is 0 Å². The topological polar surface area (TPSA) is 61.4 Å². The summed E-state index contributed by atoms with van der Waals surface area (Å²) < 4.78 is 0. The number of aliphatic hydroxyl groups excluding tert-OH is 1. The number of carbonyl (C=O) groups is 1. The lowest BCUT2D eigenvalue weighted by atomic mass is 9.86. The highest BCUT2D eigenvalue weighted by Gasteiger charge is 2.22. The Morgan fingerprint density at radius 2 is 2.06 bits per heavy atom. The maximum Gasteiger partial charge on any atom is 0.220 e. The van der Waals surface area contributed by atoms with E-state index in [1.807, 2.05) is 0 Å². The van der Waals surface area contributed by atoms with Gasteiger partial charge in [-0.25, -0.2) is 0 Å². The number of carbonyl (C=O) groups excluding carboxylic acids is 1. The maximum absolute atomic E-state index is 11.6. The number of nitrogens with one attached hydrogen (secondary N) is 2. The van der Waals surface area contributed by atoms with Gasteiger partial charge in [-0.3, -0.25) is 4.79 Å². The van der Waals surface area contributed by atoms with Gasteiger partial charge in [0.15, 0.2) is 0 Å². The molecule has 0 aliphatic heterocycles. The standard InChI is InChI=1S/C14H28N2O2/c1-11(2)15-9-5-8-14(18)16-10-12-6-3-4-7-13(12)17/h11-13,15,17H,3-10H2,1-2H3,(H,16,18). The number of amides is 1. The van der Waals surface area contributed by atoms with E-state index in [0.717, 1.165) is 32.2 Å². The molecular formula is C14H28N2O2. The fourth-order valence-electron chi connectivity index (χ4n) is 2.40. The lowest BCUT2D eigenvalue weighted by molar-refractivity contribution is -0.121. The first-order chi connectivity index (χ1) is 8.59. The average molecular weight is 256 g/mol. The molecule has 0 aromatic carbocycles. The quantitative estimate of drug-likeness (QED) is 0.604. The summed E-state index contributed by atoms with van der Waals surface area (Å²) in [5.41, 5.74) is 0. The van der Waals surface area contributed by atoms with Gasteiger partial charge in [-0.15, -0.1) is 0 Å². The normalized spacial score (nSPS) is 24.2. The zero-order chi connectivity index (χ0) is 13.4. The van der Waals surface area contributed by atoms with Gasteiger partial charge in [0.1, 0.15) is 0 Å². The Kier molecular flexibility index (Phi) is 7.28. The molecule has 18 heavy (non-hydrogen) atoms. The predicted octanol–water partition coefficient (Wildman–Crippen LogP) is 1.43. The molecule has 106 valence electrons. The molecule has 0 heterocycles. The minimum Gasteiger partial charge on any atom is -0.393 e. The molecule has 0 aromatic heterocycles. The van der Waals surface area contributed by atoms with Crippen molar-refractivity contribution in [1.82, 2.24) is 10.6 Å². The van der Waals surface area contributed by atoms with Crippen LogP contribution in [0.2, 0.25) is 0 Å². The molecule has 0 saturated heterocycles. The van der Waals surface area contributed by atoms with Crippen molar-refractivity contribution in [2.45, 2.75) is 64.5 Å². The Morgan fingerprint density at radius 3 is 2.72 bits per heavy atom. The van der Waals surface area contributed by atoms with Crippen LogP contribution in [-0.4, -0.2) is 36.2 Å². The van der Waals surface area contributed by atoms with Crippen molar-refractivity contribution in [2.75, 3.05) is 13.1 Å². The largest absolute Gasteiger partial charge is 0.393 e. The third-order valence-corrected chi connectivity index (χ3v) is 3.56. The third-order valence-electron chi connectivity index (χ3n) is 3.56. The van der Waals surface area contributed by atoms with Crippen molar-refractivity contribution < 1.29 is 9.90 Å². The van der Waals surface area contributed by atoms with Gasteiger partial charge >= 0.3 is 0 Å². The fraction of sp³-hybridized carbons (Fsp3) is 0.929. The summed E-state index contributed by atoms with van der Waals surface area (Å²) in [5.74, 6) is 0.370. The summed E-state index contributed by atoms with van der Waals surface area (Å²) in [4.78, 5) is 11.6. The first kappa shape index (κ1) is 15.4. The Bertz CT molecular complexity index is 244. The van der Waals surface area contributed by atoms with Crippen molar-refractivity contribution in [3.63, 3.8) is 0 Å². The van der Waals surface area contributed by atoms with Crippen LogP contribution in [-0.2, 0) is 4.79 Å². The lowest BCUT2D eigenvalue weighted by Crippen LogP contribution is -2.36. The molecule has 1 fully saturated rings. The van der Waals surface area contributed by atoms with E-state index < -0.39 is 0 Å². The summed E-state index contributed by atoms with van der Waals surface area (Å²) >= 11 is 0. The van der Waals surface area contributed by atoms with Crippen LogP contribution in [0.1, 0.15) is 52.4 Å². The van der Waals surface area contributed by atoms with Gasteiger partial charge in [-0.2, -0.15) is 0 Å². The third kappa shape index (κ3) is 6.36. The van der Waals surface area contributed by atoms with Crippen molar-refractivity contribution >= 4 is 5.91 Å². The molecule has 0 spiro atoms. The SMILES string of the molecule is CC(C)NCCCC(=O)NCC1CCCCC1O. The van der Waals surface area contributed by atoms with Crippen molar-refractivity contribution in [2.24, 2.45) is 5.92 Å². The van der Waals surface area contributed by atoms with E-state index in [0.29, 0.717) is 19.0 Å². The van der Waals surface area contributed by atoms with Gasteiger partial charge in [0.05, 0.1) is 6.10 Å². The summed E-state index contributed by atoms with van der Waals surface area (Å²) in [5, 5.41) is 16.0. The molecule has 4 heteroatoms. The molecule has 1 amide bonds. The van der Waals surface area contributed by atoms with Crippen LogP contribution < -0.4 is 10.6 Å². The number of rotatable bonds is 7. The highest BCUT2D eigenvalue weighted by Crippen LogP contribution is 2.23. The van der Waals surface area contributed by atoms with Crippen molar-refractivity contribution in [3.05, 3.63) is 0 Å². The monoisotopic (exact) mass is 256 g/mol. The number of aliphatic hydroxyl groups is 1. The molecule has 1 rings (SSSR count). The van der Waals surface area contributed by atoms with E-state index in [1.54, 1.807) is 0 Å². The van der Waals surface area contributed by atoms with Crippen LogP contribution in [0.3, 0.4) is 0 Å². The van der Waals surface area contributed by atoms with E-state index in [9.17, 15) is 9.90 Å². The Morgan fingerprint density at radius 1 is 1.33 bits per heavy atom. The van der Waals surface area contributed by atoms with Gasteiger partial charge in [0, 0.05) is 24.9 Å². The summed E-state index contributed by atoms with van der Waals surface area (Å²) in [6.07, 6.45) is 5.44. The molecule has 2 unspecified atom stereocenters. The van der Waals surface area contributed by atoms with E-state index in [2.05, 4.69) is 24.5 Å². The van der Waals surface area contributed by atoms with Crippen LogP contribution >= 0.6 is 0 Å². The van der Waals surface area contributed by atoms with Crippen LogP contribution in [0.5, 0.6) is 0 Å². The van der Waals surface area contributed by atoms with Gasteiger partial charge in [-0.1, -0.05) is 26.7 Å². The van der Waals surface area contributed by atoms with Gasteiger partial charge in [-0.05, 0) is 25.8 Å². The first-order valence-electron chi connectivity index (χ1n) is 7.27. The summed E-state index contributed by atoms with van der Waals surface area (Å²) in [6.45, 7) is 5.73. The van der Waals surface area contributed by atoms with E-state index in [4.69, 9.17) is 0 Å². The molecule has 0 radical (unpaired) electrons. The molecule has 1 aliphatic carbocycles. The lowest BCUT2D eigenvalue weighted by Gasteiger charge is -2.27. The highest BCUT2D eigenvalue weighted by molar-refractivity contribution is 5.75. The van der Waals surface area contributed by atoms with Crippen LogP contribution in [0.4, 0.5) is 0 Å². The van der Waals surface area contributed by atoms with Gasteiger partial charge < -0.3 is 15.7 Å². The average Bonchev–Trinajstić information content (AvgIpc) is 2.33. The molecule has 0 aromatic rings. The highest BCUT2D eigenvalue weighted by atomic mass is 16.3. The van der Waals surface area contributed by atoms with Gasteiger partial charge in [0.25, 0.3) is 0 Å². The second kappa shape index (κ2) is 8.48. The second-order valence-electron chi connectivity index (χ2n) is 5.63. The molecule has 3 N–H and O–H groups in total. The molecule has 1 aliphatic rings. The Labute approximate surface area is 111 Å². The molecule has 4 nitrogen and oxygen atoms in total. The Hall–Kier alpha value is -0.610. The van der Waals surface area contributed by atoms with Crippen LogP contribution in [0, 0.1) is 5.92 Å². The Balaban J connectivity index is 2.05. The second-order valence-corrected chi connectivity index (χ2v) is 5.63. The van der Waals surface area contributed by atoms with Crippen LogP contribution in [0.25, 0.3) is 0 Å². The van der Waals surface area contributed by atoms with Crippen molar-refractivity contribution in [3.8, 4) is 0 Å². The summed E-state index contributed by atoms with van der Waals surface area (Å²) in [7, 11) is 0. The zero-order valence-corrected chi connectivity index (χ0v) is 11.7. The van der Waals surface area contributed by atoms with E-state index >= 15 is 0 Å². The minimum atomic E-state index is -0.221. The fourth-order valence-corrected chi connectivity index (χ4v) is 2.40.